The molecule has 2 amide bonds. The highest BCUT2D eigenvalue weighted by molar-refractivity contribution is 5.79. The molecule has 0 unspecified atom stereocenters. The quantitative estimate of drug-likeness (QED) is 0.826. The third-order valence-corrected chi connectivity index (χ3v) is 6.16. The molecule has 3 heterocycles. The zero-order chi connectivity index (χ0) is 18.7. The second-order valence-electron chi connectivity index (χ2n) is 8.54. The molecule has 3 aliphatic rings. The van der Waals surface area contributed by atoms with Crippen LogP contribution < -0.4 is 5.32 Å². The Bertz CT molecular complexity index is 676. The van der Waals surface area contributed by atoms with E-state index < -0.39 is 0 Å². The van der Waals surface area contributed by atoms with Crippen LogP contribution in [0.15, 0.2) is 24.4 Å². The molecule has 1 aromatic rings. The number of pyridine rings is 1. The van der Waals surface area contributed by atoms with E-state index in [1.54, 1.807) is 6.20 Å². The van der Waals surface area contributed by atoms with Crippen molar-refractivity contribution >= 4 is 11.8 Å². The van der Waals surface area contributed by atoms with Gasteiger partial charge in [-0.25, -0.2) is 0 Å². The van der Waals surface area contributed by atoms with E-state index in [0.717, 1.165) is 70.4 Å². The zero-order valence-electron chi connectivity index (χ0n) is 16.0. The number of piperidine rings is 2. The van der Waals surface area contributed by atoms with E-state index in [1.807, 2.05) is 23.1 Å². The van der Waals surface area contributed by atoms with Gasteiger partial charge in [-0.3, -0.25) is 19.5 Å². The van der Waals surface area contributed by atoms with E-state index in [-0.39, 0.29) is 17.2 Å². The van der Waals surface area contributed by atoms with Crippen LogP contribution in [-0.2, 0) is 16.0 Å². The summed E-state index contributed by atoms with van der Waals surface area (Å²) in [6.45, 7) is 3.97. The van der Waals surface area contributed by atoms with Crippen LogP contribution in [-0.4, -0.2) is 65.4 Å². The number of aromatic nitrogens is 1. The minimum absolute atomic E-state index is 0.149. The lowest BCUT2D eigenvalue weighted by Gasteiger charge is -2.48. The van der Waals surface area contributed by atoms with Gasteiger partial charge in [0.15, 0.2) is 0 Å². The van der Waals surface area contributed by atoms with E-state index in [2.05, 4.69) is 15.2 Å². The van der Waals surface area contributed by atoms with E-state index in [9.17, 15) is 9.59 Å². The molecule has 1 aliphatic carbocycles. The third-order valence-electron chi connectivity index (χ3n) is 6.16. The van der Waals surface area contributed by atoms with Crippen LogP contribution in [0, 0.1) is 5.41 Å². The van der Waals surface area contributed by atoms with Crippen LogP contribution in [0.2, 0.25) is 0 Å². The summed E-state index contributed by atoms with van der Waals surface area (Å²) in [4.78, 5) is 33.3. The lowest BCUT2D eigenvalue weighted by molar-refractivity contribution is -0.140. The largest absolute Gasteiger partial charge is 0.352 e. The number of likely N-dealkylation sites (tertiary alicyclic amines) is 2. The molecule has 6 nitrogen and oxygen atoms in total. The fourth-order valence-corrected chi connectivity index (χ4v) is 4.58. The average molecular weight is 370 g/mol. The number of hydrogen-bond donors (Lipinski definition) is 1. The standard InChI is InChI=1S/C21H30N4O2/c26-19(23-18-5-6-18)14-24-12-3-9-21(15-24)10-7-20(27)25(16-21)13-8-17-4-1-2-11-22-17/h1-2,4,11,18H,3,5-10,12-16H2,(H,23,26)/t21-/m1/s1. The molecule has 0 aromatic carbocycles. The molecule has 1 aromatic heterocycles. The Morgan fingerprint density at radius 1 is 1.26 bits per heavy atom. The first kappa shape index (κ1) is 18.4. The Balaban J connectivity index is 1.33. The molecule has 1 spiro atoms. The molecular weight excluding hydrogens is 340 g/mol. The van der Waals surface area contributed by atoms with Crippen LogP contribution in [0.25, 0.3) is 0 Å². The lowest BCUT2D eigenvalue weighted by Crippen LogP contribution is -2.55. The van der Waals surface area contributed by atoms with Crippen molar-refractivity contribution in [2.24, 2.45) is 5.41 Å². The Labute approximate surface area is 161 Å². The summed E-state index contributed by atoms with van der Waals surface area (Å²) in [6, 6.07) is 6.35. The van der Waals surface area contributed by atoms with Crippen LogP contribution in [0.4, 0.5) is 0 Å². The highest BCUT2D eigenvalue weighted by Gasteiger charge is 2.41. The zero-order valence-corrected chi connectivity index (χ0v) is 16.0. The van der Waals surface area contributed by atoms with Crippen molar-refractivity contribution in [2.75, 3.05) is 32.7 Å². The predicted molar refractivity (Wildman–Crippen MR) is 103 cm³/mol. The molecule has 0 bridgehead atoms. The highest BCUT2D eigenvalue weighted by Crippen LogP contribution is 2.38. The van der Waals surface area contributed by atoms with Crippen molar-refractivity contribution < 1.29 is 9.59 Å². The number of amides is 2. The first-order valence-electron chi connectivity index (χ1n) is 10.3. The van der Waals surface area contributed by atoms with Crippen molar-refractivity contribution in [1.29, 1.82) is 0 Å². The molecule has 3 fully saturated rings. The first-order chi connectivity index (χ1) is 13.1. The number of nitrogens with zero attached hydrogens (tertiary/aromatic N) is 3. The van der Waals surface area contributed by atoms with Gasteiger partial charge >= 0.3 is 0 Å². The maximum atomic E-state index is 12.5. The van der Waals surface area contributed by atoms with Gasteiger partial charge in [0.05, 0.1) is 6.54 Å². The van der Waals surface area contributed by atoms with Crippen molar-refractivity contribution in [3.05, 3.63) is 30.1 Å². The summed E-state index contributed by atoms with van der Waals surface area (Å²) >= 11 is 0. The molecule has 4 rings (SSSR count). The number of nitrogens with one attached hydrogen (secondary N) is 1. The summed E-state index contributed by atoms with van der Waals surface area (Å²) in [7, 11) is 0. The van der Waals surface area contributed by atoms with Crippen LogP contribution in [0.3, 0.4) is 0 Å². The molecular formula is C21H30N4O2. The van der Waals surface area contributed by atoms with Crippen LogP contribution >= 0.6 is 0 Å². The second-order valence-corrected chi connectivity index (χ2v) is 8.54. The average Bonchev–Trinajstić information content (AvgIpc) is 3.47. The van der Waals surface area contributed by atoms with E-state index in [1.165, 1.54) is 0 Å². The maximum absolute atomic E-state index is 12.5. The number of carbonyl (C=O) groups excluding carboxylic acids is 2. The summed E-state index contributed by atoms with van der Waals surface area (Å²) in [5, 5.41) is 3.09. The van der Waals surface area contributed by atoms with Gasteiger partial charge in [-0.2, -0.15) is 0 Å². The van der Waals surface area contributed by atoms with Gasteiger partial charge in [-0.15, -0.1) is 0 Å². The molecule has 1 saturated carbocycles. The van der Waals surface area contributed by atoms with Gasteiger partial charge in [-0.05, 0) is 50.8 Å². The summed E-state index contributed by atoms with van der Waals surface area (Å²) in [6.07, 6.45) is 8.71. The van der Waals surface area contributed by atoms with Crippen molar-refractivity contribution in [3.63, 3.8) is 0 Å². The van der Waals surface area contributed by atoms with Gasteiger partial charge in [0, 0.05) is 55.8 Å². The predicted octanol–water partition coefficient (Wildman–Crippen LogP) is 1.61. The smallest absolute Gasteiger partial charge is 0.234 e. The molecule has 0 radical (unpaired) electrons. The van der Waals surface area contributed by atoms with Crippen LogP contribution in [0.5, 0.6) is 0 Å². The number of carbonyl (C=O) groups is 2. The SMILES string of the molecule is O=C(CN1CCC[C@@]2(CCC(=O)N(CCc3ccccn3)C2)C1)NC1CC1. The van der Waals surface area contributed by atoms with Gasteiger partial charge in [0.25, 0.3) is 0 Å². The fraction of sp³-hybridized carbons (Fsp3) is 0.667. The summed E-state index contributed by atoms with van der Waals surface area (Å²) in [5.41, 5.74) is 1.18. The van der Waals surface area contributed by atoms with Crippen LogP contribution in [0.1, 0.15) is 44.2 Å². The number of hydrogen-bond acceptors (Lipinski definition) is 4. The van der Waals surface area contributed by atoms with Crippen molar-refractivity contribution in [2.45, 2.75) is 51.0 Å². The van der Waals surface area contributed by atoms with Gasteiger partial charge in [0.1, 0.15) is 0 Å². The third kappa shape index (κ3) is 4.86. The Morgan fingerprint density at radius 3 is 2.93 bits per heavy atom. The fourth-order valence-electron chi connectivity index (χ4n) is 4.58. The molecule has 2 aliphatic heterocycles. The number of rotatable bonds is 6. The minimum Gasteiger partial charge on any atom is -0.352 e. The Kier molecular flexibility index (Phi) is 5.43. The molecule has 1 atom stereocenters. The molecule has 1 N–H and O–H groups in total. The molecule has 2 saturated heterocycles. The topological polar surface area (TPSA) is 65.5 Å². The van der Waals surface area contributed by atoms with Gasteiger partial charge < -0.3 is 10.2 Å². The summed E-state index contributed by atoms with van der Waals surface area (Å²) in [5.74, 6) is 0.425. The van der Waals surface area contributed by atoms with E-state index in [0.29, 0.717) is 19.0 Å². The van der Waals surface area contributed by atoms with Gasteiger partial charge in [0.2, 0.25) is 11.8 Å². The molecule has 6 heteroatoms. The Hall–Kier alpha value is -1.95. The first-order valence-corrected chi connectivity index (χ1v) is 10.3. The Morgan fingerprint density at radius 2 is 2.15 bits per heavy atom. The monoisotopic (exact) mass is 370 g/mol. The van der Waals surface area contributed by atoms with E-state index in [4.69, 9.17) is 0 Å². The second kappa shape index (κ2) is 7.97. The summed E-state index contributed by atoms with van der Waals surface area (Å²) < 4.78 is 0. The lowest BCUT2D eigenvalue weighted by atomic mass is 9.73. The minimum atomic E-state index is 0.149. The maximum Gasteiger partial charge on any atom is 0.234 e. The molecule has 27 heavy (non-hydrogen) atoms. The normalized spacial score (nSPS) is 26.4. The van der Waals surface area contributed by atoms with E-state index >= 15 is 0 Å². The van der Waals surface area contributed by atoms with Crippen molar-refractivity contribution in [3.8, 4) is 0 Å². The van der Waals surface area contributed by atoms with Gasteiger partial charge in [-0.1, -0.05) is 6.07 Å². The highest BCUT2D eigenvalue weighted by atomic mass is 16.2. The molecule has 146 valence electrons. The van der Waals surface area contributed by atoms with Crippen molar-refractivity contribution in [1.82, 2.24) is 20.1 Å².